The number of allylic oxidation sites excluding steroid dienone is 1. The van der Waals surface area contributed by atoms with Crippen LogP contribution >= 0.6 is 11.8 Å². The molecule has 0 fully saturated rings. The van der Waals surface area contributed by atoms with E-state index in [-0.39, 0.29) is 5.75 Å². The first kappa shape index (κ1) is 15.9. The number of aliphatic imine (C=N–C) groups is 1. The maximum atomic E-state index is 10.6. The Morgan fingerprint density at radius 1 is 1.14 bits per heavy atom. The Balaban J connectivity index is 1.93. The van der Waals surface area contributed by atoms with Gasteiger partial charge in [-0.25, -0.2) is 0 Å². The highest BCUT2D eigenvalue weighted by Crippen LogP contribution is 2.28. The molecular weight excluding hydrogens is 296 g/mol. The Morgan fingerprint density at radius 2 is 1.86 bits per heavy atom. The molecule has 4 nitrogen and oxygen atoms in total. The van der Waals surface area contributed by atoms with Crippen LogP contribution in [0.4, 0.5) is 11.4 Å². The Labute approximate surface area is 133 Å². The van der Waals surface area contributed by atoms with Crippen LogP contribution in [0.25, 0.3) is 0 Å². The highest BCUT2D eigenvalue weighted by atomic mass is 32.2. The smallest absolute Gasteiger partial charge is 0.313 e. The molecule has 5 heteroatoms. The first-order chi connectivity index (χ1) is 10.8. The van der Waals surface area contributed by atoms with Gasteiger partial charge in [-0.2, -0.15) is 0 Å². The molecule has 112 valence electrons. The summed E-state index contributed by atoms with van der Waals surface area (Å²) in [5.74, 6) is -0.812. The zero-order chi connectivity index (χ0) is 15.6. The summed E-state index contributed by atoms with van der Waals surface area (Å²) in [5, 5.41) is 11.9. The summed E-state index contributed by atoms with van der Waals surface area (Å²) < 4.78 is 0. The molecule has 2 rings (SSSR count). The molecule has 0 saturated heterocycles. The third kappa shape index (κ3) is 5.46. The van der Waals surface area contributed by atoms with E-state index in [0.29, 0.717) is 0 Å². The molecule has 0 amide bonds. The molecule has 0 saturated carbocycles. The standard InChI is InChI=1S/C17H16N2O2S/c20-17(21)13-22-16-10-5-4-9-15(16)19-12-6-11-18-14-7-2-1-3-8-14/h1-12,18H,13H2,(H,20,21). The summed E-state index contributed by atoms with van der Waals surface area (Å²) in [6, 6.07) is 17.3. The van der Waals surface area contributed by atoms with Gasteiger partial charge in [-0.1, -0.05) is 30.3 Å². The minimum absolute atomic E-state index is 0.0257. The lowest BCUT2D eigenvalue weighted by Crippen LogP contribution is -1.97. The van der Waals surface area contributed by atoms with E-state index in [1.165, 1.54) is 11.8 Å². The van der Waals surface area contributed by atoms with Crippen molar-refractivity contribution >= 4 is 35.3 Å². The van der Waals surface area contributed by atoms with Crippen molar-refractivity contribution in [3.63, 3.8) is 0 Å². The maximum absolute atomic E-state index is 10.6. The van der Waals surface area contributed by atoms with Crippen molar-refractivity contribution in [2.24, 2.45) is 4.99 Å². The molecule has 0 aliphatic heterocycles. The van der Waals surface area contributed by atoms with Crippen LogP contribution in [0.3, 0.4) is 0 Å². The molecule has 0 bridgehead atoms. The van der Waals surface area contributed by atoms with E-state index in [9.17, 15) is 4.79 Å². The predicted octanol–water partition coefficient (Wildman–Crippen LogP) is 4.19. The van der Waals surface area contributed by atoms with Crippen LogP contribution in [0.1, 0.15) is 0 Å². The number of carbonyl (C=O) groups is 1. The van der Waals surface area contributed by atoms with Gasteiger partial charge in [-0.3, -0.25) is 9.79 Å². The fourth-order valence-corrected chi connectivity index (χ4v) is 2.39. The van der Waals surface area contributed by atoms with Crippen LogP contribution in [0.5, 0.6) is 0 Å². The molecule has 0 radical (unpaired) electrons. The van der Waals surface area contributed by atoms with Crippen molar-refractivity contribution < 1.29 is 9.90 Å². The highest BCUT2D eigenvalue weighted by Gasteiger charge is 2.03. The number of para-hydroxylation sites is 2. The first-order valence-electron chi connectivity index (χ1n) is 6.70. The summed E-state index contributed by atoms with van der Waals surface area (Å²) >= 11 is 1.26. The summed E-state index contributed by atoms with van der Waals surface area (Å²) in [4.78, 5) is 15.8. The van der Waals surface area contributed by atoms with Gasteiger partial charge in [0.2, 0.25) is 0 Å². The van der Waals surface area contributed by atoms with Gasteiger partial charge in [0, 0.05) is 23.0 Å². The number of hydrogen-bond acceptors (Lipinski definition) is 4. The van der Waals surface area contributed by atoms with E-state index in [2.05, 4.69) is 10.3 Å². The Bertz CT molecular complexity index is 669. The van der Waals surface area contributed by atoms with Gasteiger partial charge in [0.1, 0.15) is 0 Å². The quantitative estimate of drug-likeness (QED) is 0.594. The van der Waals surface area contributed by atoms with Crippen LogP contribution in [0.2, 0.25) is 0 Å². The SMILES string of the molecule is O=C(O)CSc1ccccc1N=CC=CNc1ccccc1. The van der Waals surface area contributed by atoms with E-state index in [0.717, 1.165) is 16.3 Å². The second-order valence-electron chi connectivity index (χ2n) is 4.30. The molecule has 0 unspecified atom stereocenters. The predicted molar refractivity (Wildman–Crippen MR) is 92.2 cm³/mol. The summed E-state index contributed by atoms with van der Waals surface area (Å²) in [6.45, 7) is 0. The van der Waals surface area contributed by atoms with Crippen molar-refractivity contribution in [2.45, 2.75) is 4.90 Å². The van der Waals surface area contributed by atoms with Crippen LogP contribution in [-0.2, 0) is 4.79 Å². The number of rotatable bonds is 7. The number of nitrogens with one attached hydrogen (secondary N) is 1. The Kier molecular flexibility index (Phi) is 6.26. The minimum atomic E-state index is -0.837. The number of carboxylic acids is 1. The number of carboxylic acid groups (broad SMARTS) is 1. The zero-order valence-electron chi connectivity index (χ0n) is 11.8. The van der Waals surface area contributed by atoms with Crippen molar-refractivity contribution in [3.05, 3.63) is 66.9 Å². The van der Waals surface area contributed by atoms with Gasteiger partial charge >= 0.3 is 5.97 Å². The third-order valence-corrected chi connectivity index (χ3v) is 3.68. The number of hydrogen-bond donors (Lipinski definition) is 2. The van der Waals surface area contributed by atoms with Crippen LogP contribution in [0.15, 0.2) is 76.8 Å². The number of nitrogens with zero attached hydrogens (tertiary/aromatic N) is 1. The average molecular weight is 312 g/mol. The Hall–Kier alpha value is -2.53. The monoisotopic (exact) mass is 312 g/mol. The molecular formula is C17H16N2O2S. The largest absolute Gasteiger partial charge is 0.481 e. The van der Waals surface area contributed by atoms with Crippen molar-refractivity contribution in [3.8, 4) is 0 Å². The zero-order valence-corrected chi connectivity index (χ0v) is 12.7. The van der Waals surface area contributed by atoms with Crippen LogP contribution in [0, 0.1) is 0 Å². The van der Waals surface area contributed by atoms with Gasteiger partial charge in [-0.15, -0.1) is 11.8 Å². The molecule has 2 N–H and O–H groups in total. The lowest BCUT2D eigenvalue weighted by Gasteiger charge is -2.02. The van der Waals surface area contributed by atoms with Gasteiger partial charge in [0.05, 0.1) is 11.4 Å². The molecule has 0 aliphatic rings. The normalized spacial score (nSPS) is 11.1. The first-order valence-corrected chi connectivity index (χ1v) is 7.68. The topological polar surface area (TPSA) is 61.7 Å². The third-order valence-electron chi connectivity index (χ3n) is 2.64. The van der Waals surface area contributed by atoms with Gasteiger partial charge in [0.25, 0.3) is 0 Å². The van der Waals surface area contributed by atoms with Crippen molar-refractivity contribution in [2.75, 3.05) is 11.1 Å². The summed E-state index contributed by atoms with van der Waals surface area (Å²) in [6.07, 6.45) is 5.27. The van der Waals surface area contributed by atoms with Gasteiger partial charge < -0.3 is 10.4 Å². The fraction of sp³-hybridized carbons (Fsp3) is 0.0588. The van der Waals surface area contributed by atoms with E-state index in [1.54, 1.807) is 18.5 Å². The van der Waals surface area contributed by atoms with Crippen LogP contribution in [-0.4, -0.2) is 23.0 Å². The molecule has 0 spiro atoms. The lowest BCUT2D eigenvalue weighted by atomic mass is 10.3. The fourth-order valence-electron chi connectivity index (χ4n) is 1.67. The molecule has 2 aromatic rings. The molecule has 22 heavy (non-hydrogen) atoms. The van der Waals surface area contributed by atoms with E-state index in [4.69, 9.17) is 5.11 Å². The molecule has 0 heterocycles. The maximum Gasteiger partial charge on any atom is 0.313 e. The summed E-state index contributed by atoms with van der Waals surface area (Å²) in [5.41, 5.74) is 1.77. The van der Waals surface area contributed by atoms with Crippen molar-refractivity contribution in [1.82, 2.24) is 0 Å². The molecule has 0 aliphatic carbocycles. The minimum Gasteiger partial charge on any atom is -0.481 e. The molecule has 0 atom stereocenters. The molecule has 2 aromatic carbocycles. The average Bonchev–Trinajstić information content (AvgIpc) is 2.54. The van der Waals surface area contributed by atoms with Crippen LogP contribution < -0.4 is 5.32 Å². The van der Waals surface area contributed by atoms with E-state index >= 15 is 0 Å². The number of anilines is 1. The molecule has 0 aromatic heterocycles. The second-order valence-corrected chi connectivity index (χ2v) is 5.31. The summed E-state index contributed by atoms with van der Waals surface area (Å²) in [7, 11) is 0. The highest BCUT2D eigenvalue weighted by molar-refractivity contribution is 8.00. The number of benzene rings is 2. The second kappa shape index (κ2) is 8.69. The lowest BCUT2D eigenvalue weighted by molar-refractivity contribution is -0.133. The number of thioether (sulfide) groups is 1. The number of aliphatic carboxylic acids is 1. The van der Waals surface area contributed by atoms with Gasteiger partial charge in [0.15, 0.2) is 0 Å². The Morgan fingerprint density at radius 3 is 2.64 bits per heavy atom. The van der Waals surface area contributed by atoms with E-state index in [1.807, 2.05) is 54.6 Å². The van der Waals surface area contributed by atoms with E-state index < -0.39 is 5.97 Å². The van der Waals surface area contributed by atoms with Gasteiger partial charge in [-0.05, 0) is 30.3 Å². The van der Waals surface area contributed by atoms with Crippen molar-refractivity contribution in [1.29, 1.82) is 0 Å².